The van der Waals surface area contributed by atoms with Crippen molar-refractivity contribution in [3.05, 3.63) is 71.5 Å². The Morgan fingerprint density at radius 1 is 1.29 bits per heavy atom. The molecule has 178 valence electrons. The fraction of sp³-hybridized carbons (Fsp3) is 0.407. The van der Waals surface area contributed by atoms with Gasteiger partial charge in [-0.2, -0.15) is 0 Å². The summed E-state index contributed by atoms with van der Waals surface area (Å²) in [5, 5.41) is 3.33. The van der Waals surface area contributed by atoms with Crippen LogP contribution in [0.25, 0.3) is 0 Å². The summed E-state index contributed by atoms with van der Waals surface area (Å²) in [6.45, 7) is 9.95. The topological polar surface area (TPSA) is 75.5 Å². The normalized spacial score (nSPS) is 17.2. The van der Waals surface area contributed by atoms with Gasteiger partial charge < -0.3 is 15.0 Å². The number of ether oxygens (including phenoxy) is 1. The zero-order valence-electron chi connectivity index (χ0n) is 20.6. The van der Waals surface area contributed by atoms with Crippen molar-refractivity contribution >= 4 is 17.2 Å². The summed E-state index contributed by atoms with van der Waals surface area (Å²) in [5.74, 6) is 2.67. The van der Waals surface area contributed by atoms with Crippen LogP contribution in [0, 0.1) is 5.92 Å². The molecule has 0 saturated heterocycles. The number of rotatable bonds is 9. The highest BCUT2D eigenvalue weighted by atomic mass is 16.5. The lowest BCUT2D eigenvalue weighted by Gasteiger charge is -2.24. The Labute approximate surface area is 202 Å². The Hall–Kier alpha value is -3.48. The number of pyridine rings is 1. The van der Waals surface area contributed by atoms with E-state index in [1.165, 1.54) is 11.1 Å². The van der Waals surface area contributed by atoms with Crippen LogP contribution in [0.1, 0.15) is 43.8 Å². The molecule has 2 aliphatic rings. The first-order valence-electron chi connectivity index (χ1n) is 12.0. The fourth-order valence-electron chi connectivity index (χ4n) is 4.31. The van der Waals surface area contributed by atoms with E-state index in [2.05, 4.69) is 60.9 Å². The smallest absolute Gasteiger partial charge is 0.213 e. The van der Waals surface area contributed by atoms with E-state index in [-0.39, 0.29) is 0 Å². The molecule has 34 heavy (non-hydrogen) atoms. The van der Waals surface area contributed by atoms with E-state index in [1.807, 2.05) is 12.1 Å². The molecule has 1 unspecified atom stereocenters. The first-order chi connectivity index (χ1) is 16.5. The second-order valence-electron chi connectivity index (χ2n) is 8.91. The molecule has 0 radical (unpaired) electrons. The molecule has 0 fully saturated rings. The van der Waals surface area contributed by atoms with Crippen LogP contribution in [-0.4, -0.2) is 47.9 Å². The van der Waals surface area contributed by atoms with E-state index < -0.39 is 0 Å². The molecular weight excluding hydrogens is 424 g/mol. The van der Waals surface area contributed by atoms with Gasteiger partial charge in [0.05, 0.1) is 25.5 Å². The highest BCUT2D eigenvalue weighted by molar-refractivity contribution is 6.07. The number of nitrogens with one attached hydrogen (secondary N) is 1. The first kappa shape index (κ1) is 23.7. The summed E-state index contributed by atoms with van der Waals surface area (Å²) in [5.41, 5.74) is 6.28. The minimum Gasteiger partial charge on any atom is -0.481 e. The maximum atomic E-state index is 5.13. The number of anilines is 2. The van der Waals surface area contributed by atoms with Gasteiger partial charge >= 0.3 is 0 Å². The first-order valence-corrected chi connectivity index (χ1v) is 12.0. The van der Waals surface area contributed by atoms with E-state index in [9.17, 15) is 0 Å². The van der Waals surface area contributed by atoms with E-state index >= 15 is 0 Å². The maximum Gasteiger partial charge on any atom is 0.213 e. The van der Waals surface area contributed by atoms with Crippen molar-refractivity contribution in [1.29, 1.82) is 0 Å². The Morgan fingerprint density at radius 3 is 2.88 bits per heavy atom. The van der Waals surface area contributed by atoms with Crippen LogP contribution in [-0.2, 0) is 12.8 Å². The number of methoxy groups -OCH3 is 1. The predicted molar refractivity (Wildman–Crippen MR) is 139 cm³/mol. The number of nitrogens with zero attached hydrogens (tertiary/aromatic N) is 5. The molecule has 2 aromatic heterocycles. The fourth-order valence-corrected chi connectivity index (χ4v) is 4.31. The van der Waals surface area contributed by atoms with Gasteiger partial charge in [-0.1, -0.05) is 32.6 Å². The van der Waals surface area contributed by atoms with Crippen molar-refractivity contribution < 1.29 is 4.74 Å². The third kappa shape index (κ3) is 5.35. The van der Waals surface area contributed by atoms with Gasteiger partial charge in [0.2, 0.25) is 5.88 Å². The van der Waals surface area contributed by atoms with Crippen LogP contribution < -0.4 is 15.0 Å². The summed E-state index contributed by atoms with van der Waals surface area (Å²) in [7, 11) is 3.66. The maximum absolute atomic E-state index is 5.13. The number of likely N-dealkylation sites (N-methyl/N-ethyl adjacent to an activating group) is 1. The molecule has 7 heteroatoms. The number of aliphatic imine (C=N–C) groups is 1. The Morgan fingerprint density at radius 2 is 2.15 bits per heavy atom. The number of dihydropyridines is 1. The van der Waals surface area contributed by atoms with Gasteiger partial charge in [-0.25, -0.2) is 15.0 Å². The standard InChI is InChI=1S/C27H34N6O/c1-6-7-9-20-14-24(28-15-18(20)2)26-31-23-11-8-10-22(23)27(32-26)33(4)17-19(3)30-21-12-13-25(34-5)29-16-21/h7,9,12-14,16,18,30H,3,6,8,10-11,15,17H2,1-2,4-5H3/b9-7-. The number of fused-ring (bicyclic) bond motifs is 1. The van der Waals surface area contributed by atoms with Gasteiger partial charge in [-0.3, -0.25) is 4.99 Å². The number of allylic oxidation sites excluding steroid dienone is 3. The molecule has 0 aromatic carbocycles. The van der Waals surface area contributed by atoms with Gasteiger partial charge in [0.25, 0.3) is 0 Å². The largest absolute Gasteiger partial charge is 0.481 e. The minimum atomic E-state index is 0.407. The van der Waals surface area contributed by atoms with Gasteiger partial charge in [-0.05, 0) is 43.4 Å². The monoisotopic (exact) mass is 458 g/mol. The average molecular weight is 459 g/mol. The number of aromatic nitrogens is 3. The van der Waals surface area contributed by atoms with E-state index in [0.29, 0.717) is 18.3 Å². The second kappa shape index (κ2) is 10.6. The molecule has 0 spiro atoms. The molecule has 4 rings (SSSR count). The third-order valence-electron chi connectivity index (χ3n) is 6.15. The summed E-state index contributed by atoms with van der Waals surface area (Å²) < 4.78 is 5.13. The van der Waals surface area contributed by atoms with Gasteiger partial charge in [0.1, 0.15) is 11.5 Å². The van der Waals surface area contributed by atoms with Gasteiger partial charge in [-0.15, -0.1) is 0 Å². The number of hydrogen-bond donors (Lipinski definition) is 1. The Kier molecular flexibility index (Phi) is 7.40. The highest BCUT2D eigenvalue weighted by Crippen LogP contribution is 2.30. The molecule has 7 nitrogen and oxygen atoms in total. The van der Waals surface area contributed by atoms with Crippen LogP contribution in [0.2, 0.25) is 0 Å². The van der Waals surface area contributed by atoms with Crippen LogP contribution in [0.5, 0.6) is 5.88 Å². The lowest BCUT2D eigenvalue weighted by molar-refractivity contribution is 0.398. The summed E-state index contributed by atoms with van der Waals surface area (Å²) in [6, 6.07) is 3.75. The average Bonchev–Trinajstić information content (AvgIpc) is 3.32. The quantitative estimate of drug-likeness (QED) is 0.584. The lowest BCUT2D eigenvalue weighted by atomic mass is 9.96. The number of aryl methyl sites for hydroxylation is 1. The van der Waals surface area contributed by atoms with Crippen LogP contribution in [0.3, 0.4) is 0 Å². The SMILES string of the molecule is C=C(CN(C)c1nc(C2=NCC(C)C(/C=C\CC)=C2)nc2c1CCC2)Nc1ccc(OC)nc1. The van der Waals surface area contributed by atoms with Crippen LogP contribution in [0.15, 0.2) is 59.4 Å². The minimum absolute atomic E-state index is 0.407. The molecule has 0 bridgehead atoms. The molecule has 2 aromatic rings. The molecule has 1 atom stereocenters. The van der Waals surface area contributed by atoms with Crippen molar-refractivity contribution in [2.45, 2.75) is 39.5 Å². The Bertz CT molecular complexity index is 1130. The molecule has 3 heterocycles. The molecular formula is C27H34N6O. The summed E-state index contributed by atoms with van der Waals surface area (Å²) in [4.78, 5) is 21.1. The van der Waals surface area contributed by atoms with Crippen LogP contribution in [0.4, 0.5) is 11.5 Å². The van der Waals surface area contributed by atoms with Crippen molar-refractivity contribution in [2.75, 3.05) is 37.5 Å². The summed E-state index contributed by atoms with van der Waals surface area (Å²) in [6.07, 6.45) is 12.4. The Balaban J connectivity index is 1.55. The zero-order chi connectivity index (χ0) is 24.1. The van der Waals surface area contributed by atoms with Crippen molar-refractivity contribution in [2.24, 2.45) is 10.9 Å². The van der Waals surface area contributed by atoms with E-state index in [4.69, 9.17) is 19.7 Å². The molecule has 1 N–H and O–H groups in total. The van der Waals surface area contributed by atoms with Gasteiger partial charge in [0, 0.05) is 42.5 Å². The van der Waals surface area contributed by atoms with Crippen molar-refractivity contribution in [1.82, 2.24) is 15.0 Å². The van der Waals surface area contributed by atoms with E-state index in [0.717, 1.165) is 66.7 Å². The molecule has 1 aliphatic heterocycles. The lowest BCUT2D eigenvalue weighted by Crippen LogP contribution is -2.26. The van der Waals surface area contributed by atoms with Crippen molar-refractivity contribution in [3.8, 4) is 5.88 Å². The summed E-state index contributed by atoms with van der Waals surface area (Å²) >= 11 is 0. The zero-order valence-corrected chi connectivity index (χ0v) is 20.6. The van der Waals surface area contributed by atoms with Crippen molar-refractivity contribution in [3.63, 3.8) is 0 Å². The van der Waals surface area contributed by atoms with Crippen LogP contribution >= 0.6 is 0 Å². The number of hydrogen-bond acceptors (Lipinski definition) is 7. The van der Waals surface area contributed by atoms with Gasteiger partial charge in [0.15, 0.2) is 5.82 Å². The second-order valence-corrected chi connectivity index (χ2v) is 8.91. The highest BCUT2D eigenvalue weighted by Gasteiger charge is 2.24. The predicted octanol–water partition coefficient (Wildman–Crippen LogP) is 4.76. The molecule has 0 saturated carbocycles. The molecule has 1 aliphatic carbocycles. The third-order valence-corrected chi connectivity index (χ3v) is 6.15. The molecule has 0 amide bonds. The van der Waals surface area contributed by atoms with E-state index in [1.54, 1.807) is 13.3 Å².